The Labute approximate surface area is 141 Å². The minimum absolute atomic E-state index is 0. The van der Waals surface area contributed by atoms with Gasteiger partial charge in [0, 0.05) is 13.0 Å². The lowest BCUT2D eigenvalue weighted by Gasteiger charge is -2.09. The first-order valence-electron chi connectivity index (χ1n) is 7.06. The van der Waals surface area contributed by atoms with Gasteiger partial charge in [0.25, 0.3) is 0 Å². The molecule has 1 aromatic carbocycles. The Kier molecular flexibility index (Phi) is 7.50. The Morgan fingerprint density at radius 1 is 1.39 bits per heavy atom. The number of benzene rings is 1. The molecular weight excluding hydrogens is 320 g/mol. The Hall–Kier alpha value is -2.12. The van der Waals surface area contributed by atoms with Crippen LogP contribution in [0.3, 0.4) is 0 Å². The summed E-state index contributed by atoms with van der Waals surface area (Å²) in [7, 11) is 3.39. The Bertz CT molecular complexity index is 633. The lowest BCUT2D eigenvalue weighted by molar-refractivity contribution is -0.121. The van der Waals surface area contributed by atoms with Crippen molar-refractivity contribution in [2.75, 3.05) is 20.7 Å². The van der Waals surface area contributed by atoms with E-state index in [4.69, 9.17) is 9.26 Å². The van der Waals surface area contributed by atoms with E-state index in [1.807, 2.05) is 24.3 Å². The molecule has 7 nitrogen and oxygen atoms in total. The maximum Gasteiger partial charge on any atom is 0.249 e. The quantitative estimate of drug-likeness (QED) is 0.800. The predicted molar refractivity (Wildman–Crippen MR) is 88.6 cm³/mol. The fourth-order valence-corrected chi connectivity index (χ4v) is 1.96. The van der Waals surface area contributed by atoms with Crippen LogP contribution in [-0.2, 0) is 4.79 Å². The van der Waals surface area contributed by atoms with E-state index in [2.05, 4.69) is 20.8 Å². The second-order valence-corrected chi connectivity index (χ2v) is 4.80. The molecule has 0 aliphatic carbocycles. The van der Waals surface area contributed by atoms with Crippen LogP contribution in [0.4, 0.5) is 0 Å². The van der Waals surface area contributed by atoms with Gasteiger partial charge in [0.1, 0.15) is 11.8 Å². The molecule has 0 aliphatic heterocycles. The zero-order valence-corrected chi connectivity index (χ0v) is 14.1. The van der Waals surface area contributed by atoms with Crippen molar-refractivity contribution in [2.45, 2.75) is 19.4 Å². The molecule has 0 fully saturated rings. The molecule has 1 atom stereocenters. The summed E-state index contributed by atoms with van der Waals surface area (Å²) in [6, 6.07) is 7.07. The summed E-state index contributed by atoms with van der Waals surface area (Å²) < 4.78 is 10.5. The molecule has 8 heteroatoms. The molecule has 0 saturated carbocycles. The van der Waals surface area contributed by atoms with E-state index in [0.29, 0.717) is 30.4 Å². The number of halogens is 1. The van der Waals surface area contributed by atoms with E-state index in [1.165, 1.54) is 0 Å². The second-order valence-electron chi connectivity index (χ2n) is 4.80. The molecule has 0 saturated heterocycles. The molecule has 1 heterocycles. The zero-order chi connectivity index (χ0) is 15.9. The Balaban J connectivity index is 0.00000264. The van der Waals surface area contributed by atoms with Gasteiger partial charge in [0.05, 0.1) is 12.7 Å². The maximum absolute atomic E-state index is 11.7. The van der Waals surface area contributed by atoms with Gasteiger partial charge in [0.2, 0.25) is 17.6 Å². The van der Waals surface area contributed by atoms with Crippen LogP contribution >= 0.6 is 12.4 Å². The highest BCUT2D eigenvalue weighted by molar-refractivity contribution is 5.85. The van der Waals surface area contributed by atoms with Gasteiger partial charge in [0.15, 0.2) is 0 Å². The molecule has 0 spiro atoms. The summed E-state index contributed by atoms with van der Waals surface area (Å²) in [5.74, 6) is 1.39. The van der Waals surface area contributed by atoms with E-state index in [-0.39, 0.29) is 24.4 Å². The number of nitrogens with one attached hydrogen (secondary N) is 2. The van der Waals surface area contributed by atoms with Gasteiger partial charge >= 0.3 is 0 Å². The third-order valence-corrected chi connectivity index (χ3v) is 3.14. The van der Waals surface area contributed by atoms with Gasteiger partial charge in [-0.3, -0.25) is 4.79 Å². The summed E-state index contributed by atoms with van der Waals surface area (Å²) in [5.41, 5.74) is 0.744. The first-order valence-corrected chi connectivity index (χ1v) is 7.06. The van der Waals surface area contributed by atoms with Crippen molar-refractivity contribution >= 4 is 18.3 Å². The third-order valence-electron chi connectivity index (χ3n) is 3.14. The molecule has 1 aromatic heterocycles. The molecule has 126 valence electrons. The SMILES string of the molecule is CNCCC(=O)NC(C)c1nc(-c2ccccc2OC)no1.Cl. The Morgan fingerprint density at radius 3 is 2.83 bits per heavy atom. The molecule has 0 radical (unpaired) electrons. The van der Waals surface area contributed by atoms with Crippen LogP contribution in [0.15, 0.2) is 28.8 Å². The molecule has 1 unspecified atom stereocenters. The van der Waals surface area contributed by atoms with Crippen LogP contribution in [0, 0.1) is 0 Å². The average molecular weight is 341 g/mol. The average Bonchev–Trinajstić information content (AvgIpc) is 3.02. The molecule has 1 amide bonds. The van der Waals surface area contributed by atoms with E-state index < -0.39 is 0 Å². The maximum atomic E-state index is 11.7. The number of aromatic nitrogens is 2. The fraction of sp³-hybridized carbons (Fsp3) is 0.400. The van der Waals surface area contributed by atoms with Crippen molar-refractivity contribution < 1.29 is 14.1 Å². The van der Waals surface area contributed by atoms with Crippen molar-refractivity contribution in [3.05, 3.63) is 30.2 Å². The minimum atomic E-state index is -0.347. The van der Waals surface area contributed by atoms with Crippen LogP contribution in [0.1, 0.15) is 25.3 Å². The summed E-state index contributed by atoms with van der Waals surface area (Å²) in [6.45, 7) is 2.42. The summed E-state index contributed by atoms with van der Waals surface area (Å²) in [6.07, 6.45) is 0.397. The van der Waals surface area contributed by atoms with Crippen LogP contribution in [0.5, 0.6) is 5.75 Å². The van der Waals surface area contributed by atoms with E-state index in [1.54, 1.807) is 21.1 Å². The smallest absolute Gasteiger partial charge is 0.249 e. The van der Waals surface area contributed by atoms with Crippen LogP contribution in [-0.4, -0.2) is 36.8 Å². The fourth-order valence-electron chi connectivity index (χ4n) is 1.96. The Morgan fingerprint density at radius 2 is 2.13 bits per heavy atom. The van der Waals surface area contributed by atoms with Crippen molar-refractivity contribution in [3.63, 3.8) is 0 Å². The predicted octanol–water partition coefficient (Wildman–Crippen LogP) is 1.95. The van der Waals surface area contributed by atoms with Gasteiger partial charge in [-0.1, -0.05) is 17.3 Å². The van der Waals surface area contributed by atoms with Gasteiger partial charge in [-0.15, -0.1) is 12.4 Å². The number of methoxy groups -OCH3 is 1. The van der Waals surface area contributed by atoms with Crippen LogP contribution in [0.25, 0.3) is 11.4 Å². The summed E-state index contributed by atoms with van der Waals surface area (Å²) >= 11 is 0. The normalized spacial score (nSPS) is 11.4. The number of carbonyl (C=O) groups excluding carboxylic acids is 1. The van der Waals surface area contributed by atoms with Gasteiger partial charge in [-0.25, -0.2) is 0 Å². The van der Waals surface area contributed by atoms with Crippen molar-refractivity contribution in [1.29, 1.82) is 0 Å². The summed E-state index contributed by atoms with van der Waals surface area (Å²) in [5, 5.41) is 9.70. The molecule has 2 N–H and O–H groups in total. The van der Waals surface area contributed by atoms with E-state index >= 15 is 0 Å². The largest absolute Gasteiger partial charge is 0.496 e. The highest BCUT2D eigenvalue weighted by Gasteiger charge is 2.18. The molecule has 0 aliphatic rings. The van der Waals surface area contributed by atoms with Crippen LogP contribution < -0.4 is 15.4 Å². The first-order chi connectivity index (χ1) is 10.7. The van der Waals surface area contributed by atoms with Crippen molar-refractivity contribution in [2.24, 2.45) is 0 Å². The standard InChI is InChI=1S/C15H20N4O3.ClH/c1-10(17-13(20)8-9-16-2)15-18-14(19-22-15)11-6-4-5-7-12(11)21-3;/h4-7,10,16H,8-9H2,1-3H3,(H,17,20);1H. The van der Waals surface area contributed by atoms with Gasteiger partial charge < -0.3 is 19.9 Å². The molecule has 23 heavy (non-hydrogen) atoms. The van der Waals surface area contributed by atoms with E-state index in [9.17, 15) is 4.79 Å². The molecule has 2 aromatic rings. The number of para-hydroxylation sites is 1. The number of rotatable bonds is 7. The van der Waals surface area contributed by atoms with Crippen molar-refractivity contribution in [3.8, 4) is 17.1 Å². The lowest BCUT2D eigenvalue weighted by Crippen LogP contribution is -2.29. The number of ether oxygens (including phenoxy) is 1. The van der Waals surface area contributed by atoms with E-state index in [0.717, 1.165) is 5.56 Å². The minimum Gasteiger partial charge on any atom is -0.496 e. The first kappa shape index (κ1) is 18.9. The van der Waals surface area contributed by atoms with Crippen molar-refractivity contribution in [1.82, 2.24) is 20.8 Å². The molecule has 2 rings (SSSR count). The zero-order valence-electron chi connectivity index (χ0n) is 13.3. The summed E-state index contributed by atoms with van der Waals surface area (Å²) in [4.78, 5) is 16.0. The highest BCUT2D eigenvalue weighted by atomic mass is 35.5. The monoisotopic (exact) mass is 340 g/mol. The van der Waals surface area contributed by atoms with Gasteiger partial charge in [-0.05, 0) is 26.1 Å². The lowest BCUT2D eigenvalue weighted by atomic mass is 10.2. The third kappa shape index (κ3) is 4.94. The van der Waals surface area contributed by atoms with Crippen LogP contribution in [0.2, 0.25) is 0 Å². The highest BCUT2D eigenvalue weighted by Crippen LogP contribution is 2.27. The number of amides is 1. The second kappa shape index (κ2) is 9.12. The number of hydrogen-bond acceptors (Lipinski definition) is 6. The van der Waals surface area contributed by atoms with Gasteiger partial charge in [-0.2, -0.15) is 4.98 Å². The number of carbonyl (C=O) groups is 1. The topological polar surface area (TPSA) is 89.3 Å². The molecule has 0 bridgehead atoms. The number of hydrogen-bond donors (Lipinski definition) is 2. The molecular formula is C15H21ClN4O3. The number of nitrogens with zero attached hydrogens (tertiary/aromatic N) is 2.